The number of carbonyl (C=O) groups is 1. The number of piperidine rings is 1. The Balaban J connectivity index is 0.00000192. The van der Waals surface area contributed by atoms with Crippen LogP contribution in [0.3, 0.4) is 0 Å². The van der Waals surface area contributed by atoms with E-state index in [1.165, 1.54) is 0 Å². The molecule has 23 heavy (non-hydrogen) atoms. The van der Waals surface area contributed by atoms with Crippen molar-refractivity contribution in [2.45, 2.75) is 26.2 Å². The molecule has 1 fully saturated rings. The molecule has 1 amide bonds. The third-order valence-electron chi connectivity index (χ3n) is 4.02. The van der Waals surface area contributed by atoms with E-state index in [1.54, 1.807) is 11.3 Å². The molecule has 3 rings (SSSR count). The number of amides is 1. The molecule has 0 radical (unpaired) electrons. The number of nitrogens with zero attached hydrogens (tertiary/aromatic N) is 1. The first-order chi connectivity index (χ1) is 10.7. The van der Waals surface area contributed by atoms with Crippen molar-refractivity contribution in [2.24, 2.45) is 5.92 Å². The van der Waals surface area contributed by atoms with Crippen LogP contribution in [0.15, 0.2) is 29.6 Å². The van der Waals surface area contributed by atoms with Gasteiger partial charge >= 0.3 is 0 Å². The standard InChI is InChI=1S/C17H21N3OS.ClH/c1-12-19-16(11-22-12)14-2-4-15(5-3-14)20-17(21)10-13-6-8-18-9-7-13;/h2-5,11,13,18H,6-10H2,1H3,(H,20,21);1H. The molecule has 1 aliphatic heterocycles. The number of hydrogen-bond acceptors (Lipinski definition) is 4. The summed E-state index contributed by atoms with van der Waals surface area (Å²) in [5.41, 5.74) is 2.94. The zero-order valence-electron chi connectivity index (χ0n) is 13.2. The number of carbonyl (C=O) groups excluding carboxylic acids is 1. The van der Waals surface area contributed by atoms with Gasteiger partial charge in [0.2, 0.25) is 5.91 Å². The van der Waals surface area contributed by atoms with Crippen LogP contribution >= 0.6 is 23.7 Å². The van der Waals surface area contributed by atoms with E-state index in [9.17, 15) is 4.79 Å². The number of aryl methyl sites for hydroxylation is 1. The van der Waals surface area contributed by atoms with Gasteiger partial charge in [0.05, 0.1) is 10.7 Å². The Morgan fingerprint density at radius 2 is 2.00 bits per heavy atom. The molecule has 4 nitrogen and oxygen atoms in total. The summed E-state index contributed by atoms with van der Waals surface area (Å²) in [6.07, 6.45) is 2.81. The second kappa shape index (κ2) is 8.43. The van der Waals surface area contributed by atoms with Crippen molar-refractivity contribution in [3.63, 3.8) is 0 Å². The predicted molar refractivity (Wildman–Crippen MR) is 98.4 cm³/mol. The van der Waals surface area contributed by atoms with Gasteiger partial charge < -0.3 is 10.6 Å². The topological polar surface area (TPSA) is 54.0 Å². The fraction of sp³-hybridized carbons (Fsp3) is 0.412. The minimum atomic E-state index is 0. The molecule has 124 valence electrons. The molecule has 1 aromatic heterocycles. The summed E-state index contributed by atoms with van der Waals surface area (Å²) >= 11 is 1.65. The summed E-state index contributed by atoms with van der Waals surface area (Å²) in [5.74, 6) is 0.627. The molecule has 0 aliphatic carbocycles. The Kier molecular flexibility index (Phi) is 6.57. The first-order valence-corrected chi connectivity index (χ1v) is 8.62. The summed E-state index contributed by atoms with van der Waals surface area (Å²) < 4.78 is 0. The molecule has 1 aromatic carbocycles. The number of halogens is 1. The van der Waals surface area contributed by atoms with Gasteiger partial charge in [-0.3, -0.25) is 4.79 Å². The monoisotopic (exact) mass is 351 g/mol. The lowest BCUT2D eigenvalue weighted by atomic mass is 9.94. The summed E-state index contributed by atoms with van der Waals surface area (Å²) in [6, 6.07) is 7.91. The fourth-order valence-electron chi connectivity index (χ4n) is 2.78. The van der Waals surface area contributed by atoms with Crippen LogP contribution in [0.2, 0.25) is 0 Å². The number of rotatable bonds is 4. The van der Waals surface area contributed by atoms with Crippen molar-refractivity contribution in [1.82, 2.24) is 10.3 Å². The highest BCUT2D eigenvalue weighted by Gasteiger charge is 2.16. The minimum Gasteiger partial charge on any atom is -0.326 e. The van der Waals surface area contributed by atoms with Gasteiger partial charge in [0, 0.05) is 23.1 Å². The van der Waals surface area contributed by atoms with Crippen LogP contribution in [-0.4, -0.2) is 24.0 Å². The van der Waals surface area contributed by atoms with Gasteiger partial charge in [-0.1, -0.05) is 12.1 Å². The second-order valence-electron chi connectivity index (χ2n) is 5.77. The van der Waals surface area contributed by atoms with E-state index in [0.29, 0.717) is 12.3 Å². The van der Waals surface area contributed by atoms with Gasteiger partial charge in [0.25, 0.3) is 0 Å². The van der Waals surface area contributed by atoms with Crippen molar-refractivity contribution in [1.29, 1.82) is 0 Å². The highest BCUT2D eigenvalue weighted by atomic mass is 35.5. The SMILES string of the molecule is Cc1nc(-c2ccc(NC(=O)CC3CCNCC3)cc2)cs1.Cl. The second-order valence-corrected chi connectivity index (χ2v) is 6.84. The number of aromatic nitrogens is 1. The predicted octanol–water partition coefficient (Wildman–Crippen LogP) is 3.87. The smallest absolute Gasteiger partial charge is 0.224 e. The van der Waals surface area contributed by atoms with Crippen molar-refractivity contribution < 1.29 is 4.79 Å². The van der Waals surface area contributed by atoms with E-state index in [1.807, 2.05) is 31.2 Å². The van der Waals surface area contributed by atoms with Gasteiger partial charge in [-0.25, -0.2) is 4.98 Å². The molecule has 1 aliphatic rings. The first kappa shape index (κ1) is 17.9. The lowest BCUT2D eigenvalue weighted by Gasteiger charge is -2.21. The highest BCUT2D eigenvalue weighted by Crippen LogP contribution is 2.23. The molecule has 6 heteroatoms. The minimum absolute atomic E-state index is 0. The van der Waals surface area contributed by atoms with Crippen LogP contribution in [0.25, 0.3) is 11.3 Å². The van der Waals surface area contributed by atoms with Crippen LogP contribution in [0.5, 0.6) is 0 Å². The average Bonchev–Trinajstić information content (AvgIpc) is 2.95. The van der Waals surface area contributed by atoms with E-state index in [2.05, 4.69) is 21.0 Å². The van der Waals surface area contributed by atoms with Crippen LogP contribution in [0.1, 0.15) is 24.3 Å². The van der Waals surface area contributed by atoms with E-state index >= 15 is 0 Å². The Bertz CT molecular complexity index is 636. The molecule has 1 saturated heterocycles. The lowest BCUT2D eigenvalue weighted by Crippen LogP contribution is -2.30. The van der Waals surface area contributed by atoms with Crippen LogP contribution in [0, 0.1) is 12.8 Å². The molecule has 0 spiro atoms. The third kappa shape index (κ3) is 5.03. The number of hydrogen-bond donors (Lipinski definition) is 2. The van der Waals surface area contributed by atoms with Gasteiger partial charge in [-0.2, -0.15) is 0 Å². The van der Waals surface area contributed by atoms with E-state index in [-0.39, 0.29) is 18.3 Å². The van der Waals surface area contributed by atoms with E-state index in [4.69, 9.17) is 0 Å². The third-order valence-corrected chi connectivity index (χ3v) is 4.79. The molecule has 2 heterocycles. The zero-order chi connectivity index (χ0) is 15.4. The Hall–Kier alpha value is -1.43. The number of nitrogens with one attached hydrogen (secondary N) is 2. The van der Waals surface area contributed by atoms with E-state index in [0.717, 1.165) is 47.9 Å². The quantitative estimate of drug-likeness (QED) is 0.879. The zero-order valence-corrected chi connectivity index (χ0v) is 14.8. The summed E-state index contributed by atoms with van der Waals surface area (Å²) in [5, 5.41) is 9.44. The van der Waals surface area contributed by atoms with Crippen LogP contribution in [0.4, 0.5) is 5.69 Å². The van der Waals surface area contributed by atoms with Crippen molar-refractivity contribution >= 4 is 35.3 Å². The molecule has 0 atom stereocenters. The van der Waals surface area contributed by atoms with Gasteiger partial charge in [0.15, 0.2) is 0 Å². The molecular formula is C17H22ClN3OS. The van der Waals surface area contributed by atoms with Crippen LogP contribution in [-0.2, 0) is 4.79 Å². The Morgan fingerprint density at radius 1 is 1.30 bits per heavy atom. The Morgan fingerprint density at radius 3 is 2.61 bits per heavy atom. The molecule has 0 unspecified atom stereocenters. The van der Waals surface area contributed by atoms with E-state index < -0.39 is 0 Å². The Labute approximate surface area is 147 Å². The molecule has 2 N–H and O–H groups in total. The maximum atomic E-state index is 12.1. The highest BCUT2D eigenvalue weighted by molar-refractivity contribution is 7.09. The lowest BCUT2D eigenvalue weighted by molar-refractivity contribution is -0.117. The molecule has 0 saturated carbocycles. The molecule has 2 aromatic rings. The number of thiazole rings is 1. The number of benzene rings is 1. The largest absolute Gasteiger partial charge is 0.326 e. The van der Waals surface area contributed by atoms with Crippen molar-refractivity contribution in [2.75, 3.05) is 18.4 Å². The summed E-state index contributed by atoms with van der Waals surface area (Å²) in [7, 11) is 0. The summed E-state index contributed by atoms with van der Waals surface area (Å²) in [6.45, 7) is 4.06. The summed E-state index contributed by atoms with van der Waals surface area (Å²) in [4.78, 5) is 16.6. The maximum Gasteiger partial charge on any atom is 0.224 e. The fourth-order valence-corrected chi connectivity index (χ4v) is 3.40. The maximum absolute atomic E-state index is 12.1. The molecular weight excluding hydrogens is 330 g/mol. The van der Waals surface area contributed by atoms with Gasteiger partial charge in [0.1, 0.15) is 0 Å². The number of anilines is 1. The average molecular weight is 352 g/mol. The molecule has 0 bridgehead atoms. The van der Waals surface area contributed by atoms with Crippen molar-refractivity contribution in [3.8, 4) is 11.3 Å². The normalized spacial score (nSPS) is 15.0. The van der Waals surface area contributed by atoms with Gasteiger partial charge in [-0.15, -0.1) is 23.7 Å². The first-order valence-electron chi connectivity index (χ1n) is 7.74. The van der Waals surface area contributed by atoms with Crippen LogP contribution < -0.4 is 10.6 Å². The van der Waals surface area contributed by atoms with Crippen molar-refractivity contribution in [3.05, 3.63) is 34.7 Å². The van der Waals surface area contributed by atoms with Gasteiger partial charge in [-0.05, 0) is 50.9 Å².